The SMILES string of the molecule is Cc1cc(-c2cc(C(F)(F)F)ccc2C#N)cc([C@H]2CC[C@@]3(CCN(C)C3=O)N2)n1.Cl. The molecule has 1 aromatic carbocycles. The number of likely N-dealkylation sites (tertiary alicyclic amines) is 1. The van der Waals surface area contributed by atoms with Gasteiger partial charge in [-0.3, -0.25) is 15.1 Å². The quantitative estimate of drug-likeness (QED) is 0.736. The van der Waals surface area contributed by atoms with Gasteiger partial charge >= 0.3 is 6.18 Å². The number of carbonyl (C=O) groups is 1. The Morgan fingerprint density at radius 3 is 2.61 bits per heavy atom. The van der Waals surface area contributed by atoms with Crippen molar-refractivity contribution in [2.75, 3.05) is 13.6 Å². The summed E-state index contributed by atoms with van der Waals surface area (Å²) in [6.45, 7) is 2.46. The van der Waals surface area contributed by atoms with Gasteiger partial charge in [-0.1, -0.05) is 0 Å². The van der Waals surface area contributed by atoms with Gasteiger partial charge < -0.3 is 4.90 Å². The molecule has 164 valence electrons. The molecule has 3 heterocycles. The number of likely N-dealkylation sites (N-methyl/N-ethyl adjacent to an activating group) is 1. The number of nitriles is 1. The summed E-state index contributed by atoms with van der Waals surface area (Å²) in [7, 11) is 1.78. The highest BCUT2D eigenvalue weighted by molar-refractivity contribution is 5.88. The molecule has 0 aliphatic carbocycles. The third-order valence-corrected chi connectivity index (χ3v) is 6.05. The van der Waals surface area contributed by atoms with E-state index in [1.54, 1.807) is 31.0 Å². The number of halogens is 4. The average Bonchev–Trinajstić information content (AvgIpc) is 3.26. The number of rotatable bonds is 2. The van der Waals surface area contributed by atoms with Crippen molar-refractivity contribution in [1.82, 2.24) is 15.2 Å². The number of hydrogen-bond donors (Lipinski definition) is 1. The van der Waals surface area contributed by atoms with Gasteiger partial charge in [0.15, 0.2) is 0 Å². The number of aromatic nitrogens is 1. The number of hydrogen-bond acceptors (Lipinski definition) is 4. The maximum absolute atomic E-state index is 13.2. The number of aryl methyl sites for hydroxylation is 1. The lowest BCUT2D eigenvalue weighted by Gasteiger charge is -2.23. The van der Waals surface area contributed by atoms with Crippen molar-refractivity contribution in [3.05, 3.63) is 52.8 Å². The van der Waals surface area contributed by atoms with Crippen molar-refractivity contribution < 1.29 is 18.0 Å². The molecular weight excluding hydrogens is 429 g/mol. The molecular formula is C22H22ClF3N4O. The standard InChI is InChI=1S/C22H21F3N4O.ClH/c1-13-9-15(17-11-16(22(23,24)25)4-3-14(17)12-26)10-19(27-13)18-5-6-21(28-18)7-8-29(2)20(21)30;/h3-4,9-11,18,28H,5-8H2,1-2H3;1H/t18-,21+;/m1./s1. The van der Waals surface area contributed by atoms with Crippen LogP contribution < -0.4 is 5.32 Å². The first-order valence-electron chi connectivity index (χ1n) is 9.76. The predicted octanol–water partition coefficient (Wildman–Crippen LogP) is 4.39. The first-order valence-corrected chi connectivity index (χ1v) is 9.76. The minimum atomic E-state index is -4.50. The highest BCUT2D eigenvalue weighted by Crippen LogP contribution is 2.40. The Kier molecular flexibility index (Phi) is 6.05. The van der Waals surface area contributed by atoms with E-state index in [1.807, 2.05) is 6.07 Å². The largest absolute Gasteiger partial charge is 0.416 e. The molecule has 2 aromatic rings. The number of carbonyl (C=O) groups excluding carboxylic acids is 1. The zero-order chi connectivity index (χ0) is 21.7. The predicted molar refractivity (Wildman–Crippen MR) is 111 cm³/mol. The topological polar surface area (TPSA) is 69.0 Å². The molecule has 1 amide bonds. The Labute approximate surface area is 184 Å². The molecule has 9 heteroatoms. The number of benzene rings is 1. The fraction of sp³-hybridized carbons (Fsp3) is 0.409. The minimum absolute atomic E-state index is 0. The lowest BCUT2D eigenvalue weighted by Crippen LogP contribution is -2.47. The van der Waals surface area contributed by atoms with Crippen molar-refractivity contribution in [1.29, 1.82) is 5.26 Å². The summed E-state index contributed by atoms with van der Waals surface area (Å²) in [5.41, 5.74) is 0.833. The molecule has 1 aromatic heterocycles. The Morgan fingerprint density at radius 1 is 1.26 bits per heavy atom. The molecule has 1 N–H and O–H groups in total. The Morgan fingerprint density at radius 2 is 2.00 bits per heavy atom. The van der Waals surface area contributed by atoms with E-state index >= 15 is 0 Å². The zero-order valence-corrected chi connectivity index (χ0v) is 17.9. The molecule has 2 fully saturated rings. The average molecular weight is 451 g/mol. The summed E-state index contributed by atoms with van der Waals surface area (Å²) in [5, 5.41) is 12.8. The van der Waals surface area contributed by atoms with Crippen LogP contribution in [0.25, 0.3) is 11.1 Å². The van der Waals surface area contributed by atoms with Crippen LogP contribution in [-0.4, -0.2) is 34.9 Å². The Balaban J connectivity index is 0.00000272. The molecule has 2 aliphatic rings. The van der Waals surface area contributed by atoms with Crippen LogP contribution in [0.4, 0.5) is 13.2 Å². The van der Waals surface area contributed by atoms with Crippen LogP contribution in [0.3, 0.4) is 0 Å². The molecule has 4 rings (SSSR count). The van der Waals surface area contributed by atoms with Gasteiger partial charge in [0.05, 0.1) is 28.9 Å². The van der Waals surface area contributed by atoms with E-state index < -0.39 is 17.3 Å². The third kappa shape index (κ3) is 4.12. The second-order valence-electron chi connectivity index (χ2n) is 8.09. The smallest absolute Gasteiger partial charge is 0.344 e. The fourth-order valence-corrected chi connectivity index (χ4v) is 4.47. The molecule has 2 saturated heterocycles. The van der Waals surface area contributed by atoms with Crippen molar-refractivity contribution in [3.8, 4) is 17.2 Å². The van der Waals surface area contributed by atoms with E-state index in [0.29, 0.717) is 36.3 Å². The van der Waals surface area contributed by atoms with Gasteiger partial charge in [-0.15, -0.1) is 12.4 Å². The molecule has 1 spiro atoms. The van der Waals surface area contributed by atoms with E-state index in [1.165, 1.54) is 6.07 Å². The number of alkyl halides is 3. The van der Waals surface area contributed by atoms with Crippen LogP contribution >= 0.6 is 12.4 Å². The normalized spacial score (nSPS) is 23.2. The first-order chi connectivity index (χ1) is 14.1. The van der Waals surface area contributed by atoms with Crippen LogP contribution in [0.15, 0.2) is 30.3 Å². The zero-order valence-electron chi connectivity index (χ0n) is 17.1. The van der Waals surface area contributed by atoms with Crippen LogP contribution in [0.2, 0.25) is 0 Å². The maximum Gasteiger partial charge on any atom is 0.416 e. The van der Waals surface area contributed by atoms with Gasteiger partial charge in [0, 0.05) is 24.8 Å². The van der Waals surface area contributed by atoms with Crippen molar-refractivity contribution in [2.24, 2.45) is 0 Å². The maximum atomic E-state index is 13.2. The van der Waals surface area contributed by atoms with Crippen LogP contribution in [0.5, 0.6) is 0 Å². The van der Waals surface area contributed by atoms with Gasteiger partial charge in [-0.2, -0.15) is 18.4 Å². The molecule has 2 aliphatic heterocycles. The molecule has 31 heavy (non-hydrogen) atoms. The van der Waals surface area contributed by atoms with Crippen molar-refractivity contribution >= 4 is 18.3 Å². The van der Waals surface area contributed by atoms with E-state index in [2.05, 4.69) is 10.3 Å². The van der Waals surface area contributed by atoms with Crippen LogP contribution in [0, 0.1) is 18.3 Å². The van der Waals surface area contributed by atoms with Crippen LogP contribution in [0.1, 0.15) is 47.8 Å². The molecule has 0 saturated carbocycles. The minimum Gasteiger partial charge on any atom is -0.344 e. The Hall–Kier alpha value is -2.63. The van der Waals surface area contributed by atoms with Gasteiger partial charge in [-0.25, -0.2) is 0 Å². The number of nitrogens with one attached hydrogen (secondary N) is 1. The second-order valence-corrected chi connectivity index (χ2v) is 8.09. The number of amides is 1. The molecule has 0 radical (unpaired) electrons. The van der Waals surface area contributed by atoms with Gasteiger partial charge in [0.1, 0.15) is 5.54 Å². The number of pyridine rings is 1. The van der Waals surface area contributed by atoms with Crippen LogP contribution in [-0.2, 0) is 11.0 Å². The summed E-state index contributed by atoms with van der Waals surface area (Å²) < 4.78 is 39.7. The van der Waals surface area contributed by atoms with Crippen molar-refractivity contribution in [2.45, 2.75) is 43.9 Å². The van der Waals surface area contributed by atoms with E-state index in [4.69, 9.17) is 0 Å². The first kappa shape index (κ1) is 23.0. The number of nitrogens with zero attached hydrogens (tertiary/aromatic N) is 3. The van der Waals surface area contributed by atoms with Gasteiger partial charge in [0.25, 0.3) is 0 Å². The molecule has 0 bridgehead atoms. The molecule has 2 atom stereocenters. The summed E-state index contributed by atoms with van der Waals surface area (Å²) in [6, 6.07) is 8.34. The Bertz CT molecular complexity index is 1070. The van der Waals surface area contributed by atoms with E-state index in [-0.39, 0.29) is 35.5 Å². The summed E-state index contributed by atoms with van der Waals surface area (Å²) in [4.78, 5) is 18.9. The van der Waals surface area contributed by atoms with Gasteiger partial charge in [0.2, 0.25) is 5.91 Å². The fourth-order valence-electron chi connectivity index (χ4n) is 4.47. The molecule has 5 nitrogen and oxygen atoms in total. The lowest BCUT2D eigenvalue weighted by molar-refractivity contribution is -0.137. The summed E-state index contributed by atoms with van der Waals surface area (Å²) in [6.07, 6.45) is -2.37. The van der Waals surface area contributed by atoms with E-state index in [0.717, 1.165) is 18.6 Å². The molecule has 0 unspecified atom stereocenters. The highest BCUT2D eigenvalue weighted by atomic mass is 35.5. The monoisotopic (exact) mass is 450 g/mol. The third-order valence-electron chi connectivity index (χ3n) is 6.05. The highest BCUT2D eigenvalue weighted by Gasteiger charge is 2.50. The lowest BCUT2D eigenvalue weighted by atomic mass is 9.95. The summed E-state index contributed by atoms with van der Waals surface area (Å²) in [5.74, 6) is 0.0718. The summed E-state index contributed by atoms with van der Waals surface area (Å²) >= 11 is 0. The van der Waals surface area contributed by atoms with Gasteiger partial charge in [-0.05, 0) is 62.1 Å². The van der Waals surface area contributed by atoms with E-state index in [9.17, 15) is 23.2 Å². The van der Waals surface area contributed by atoms with Crippen molar-refractivity contribution in [3.63, 3.8) is 0 Å². The second kappa shape index (κ2) is 8.13.